The van der Waals surface area contributed by atoms with Gasteiger partial charge in [-0.25, -0.2) is 0 Å². The molecule has 0 aliphatic heterocycles. The van der Waals surface area contributed by atoms with E-state index in [0.29, 0.717) is 30.1 Å². The second kappa shape index (κ2) is 11.5. The van der Waals surface area contributed by atoms with Crippen LogP contribution in [0.4, 0.5) is 17.6 Å². The maximum absolute atomic E-state index is 12.9. The number of rotatable bonds is 7. The van der Waals surface area contributed by atoms with Crippen molar-refractivity contribution < 1.29 is 22.3 Å². The molecule has 2 fully saturated rings. The summed E-state index contributed by atoms with van der Waals surface area (Å²) in [5.74, 6) is 1.38. The second-order valence-electron chi connectivity index (χ2n) is 9.14. The number of allylic oxidation sites excluding steroid dienone is 4. The van der Waals surface area contributed by atoms with Gasteiger partial charge in [0.2, 0.25) is 0 Å². The molecule has 0 saturated heterocycles. The highest BCUT2D eigenvalue weighted by Gasteiger charge is 2.31. The summed E-state index contributed by atoms with van der Waals surface area (Å²) >= 11 is 0. The average Bonchev–Trinajstić information content (AvgIpc) is 2.78. The summed E-state index contributed by atoms with van der Waals surface area (Å²) < 4.78 is 53.7. The third kappa shape index (κ3) is 8.00. The molecule has 0 N–H and O–H groups in total. The Morgan fingerprint density at radius 2 is 1.50 bits per heavy atom. The van der Waals surface area contributed by atoms with Gasteiger partial charge in [-0.1, -0.05) is 24.3 Å². The quantitative estimate of drug-likeness (QED) is 0.238. The lowest BCUT2D eigenvalue weighted by Crippen LogP contribution is -2.17. The van der Waals surface area contributed by atoms with Crippen molar-refractivity contribution in [1.82, 2.24) is 0 Å². The molecule has 0 radical (unpaired) electrons. The number of ether oxygens (including phenoxy) is 1. The van der Waals surface area contributed by atoms with Crippen LogP contribution in [0, 0.1) is 29.1 Å². The van der Waals surface area contributed by atoms with Gasteiger partial charge in [-0.05, 0) is 112 Å². The molecule has 1 aromatic rings. The molecule has 174 valence electrons. The zero-order valence-electron chi connectivity index (χ0n) is 18.3. The number of benzene rings is 1. The molecule has 0 heterocycles. The number of halogens is 4. The fourth-order valence-electron chi connectivity index (χ4n) is 5.06. The van der Waals surface area contributed by atoms with Gasteiger partial charge in [0.25, 0.3) is 0 Å². The van der Waals surface area contributed by atoms with E-state index in [4.69, 9.17) is 5.26 Å². The summed E-state index contributed by atoms with van der Waals surface area (Å²) in [5.41, 5.74) is 1.09. The van der Waals surface area contributed by atoms with E-state index >= 15 is 0 Å². The molecule has 0 amide bonds. The van der Waals surface area contributed by atoms with Gasteiger partial charge in [-0.2, -0.15) is 9.65 Å². The smallest absolute Gasteiger partial charge is 0.406 e. The van der Waals surface area contributed by atoms with Crippen molar-refractivity contribution in [2.75, 3.05) is 0 Å². The Hall–Kier alpha value is -2.29. The normalized spacial score (nSPS) is 27.3. The molecule has 32 heavy (non-hydrogen) atoms. The summed E-state index contributed by atoms with van der Waals surface area (Å²) in [6, 6.07) is 7.84. The van der Waals surface area contributed by atoms with Gasteiger partial charge in [0.15, 0.2) is 5.83 Å². The predicted octanol–water partition coefficient (Wildman–Crippen LogP) is 8.38. The first-order chi connectivity index (χ1) is 15.3. The van der Waals surface area contributed by atoms with E-state index in [-0.39, 0.29) is 5.75 Å². The van der Waals surface area contributed by atoms with Crippen LogP contribution in [0.3, 0.4) is 0 Å². The van der Waals surface area contributed by atoms with Crippen molar-refractivity contribution in [2.24, 2.45) is 17.8 Å². The molecule has 0 bridgehead atoms. The zero-order valence-corrected chi connectivity index (χ0v) is 18.3. The van der Waals surface area contributed by atoms with Crippen LogP contribution in [0.5, 0.6) is 5.75 Å². The molecule has 3 rings (SSSR count). The summed E-state index contributed by atoms with van der Waals surface area (Å²) in [6.45, 7) is 0. The van der Waals surface area contributed by atoms with Gasteiger partial charge >= 0.3 is 6.36 Å². The first kappa shape index (κ1) is 24.4. The minimum absolute atomic E-state index is 0.168. The minimum atomic E-state index is -4.65. The van der Waals surface area contributed by atoms with Crippen LogP contribution in [-0.2, 0) is 0 Å². The minimum Gasteiger partial charge on any atom is -0.406 e. The third-order valence-corrected chi connectivity index (χ3v) is 6.91. The molecule has 0 spiro atoms. The maximum Gasteiger partial charge on any atom is 0.573 e. The molecule has 2 nitrogen and oxygen atoms in total. The van der Waals surface area contributed by atoms with Crippen molar-refractivity contribution in [3.05, 3.63) is 53.9 Å². The van der Waals surface area contributed by atoms with Gasteiger partial charge in [-0.15, -0.1) is 13.2 Å². The molecule has 0 unspecified atom stereocenters. The first-order valence-corrected chi connectivity index (χ1v) is 11.6. The van der Waals surface area contributed by atoms with E-state index in [1.54, 1.807) is 12.1 Å². The molecule has 1 aromatic carbocycles. The molecule has 0 atom stereocenters. The SMILES string of the molecule is N#CC(F)=CCC[C@H]1CC[C@H](C=C[C@H]2CC[C@H](c3ccc(OC(F)(F)F)cc3)CC2)CC1. The largest absolute Gasteiger partial charge is 0.573 e. The van der Waals surface area contributed by atoms with Crippen LogP contribution in [0.1, 0.15) is 75.7 Å². The molecule has 2 saturated carbocycles. The van der Waals surface area contributed by atoms with Crippen molar-refractivity contribution in [1.29, 1.82) is 5.26 Å². The van der Waals surface area contributed by atoms with E-state index in [9.17, 15) is 17.6 Å². The van der Waals surface area contributed by atoms with E-state index < -0.39 is 12.2 Å². The Kier molecular flexibility index (Phi) is 8.78. The Morgan fingerprint density at radius 1 is 0.938 bits per heavy atom. The third-order valence-electron chi connectivity index (χ3n) is 6.91. The van der Waals surface area contributed by atoms with Crippen LogP contribution in [0.2, 0.25) is 0 Å². The van der Waals surface area contributed by atoms with Crippen LogP contribution in [-0.4, -0.2) is 6.36 Å². The summed E-state index contributed by atoms with van der Waals surface area (Å²) in [7, 11) is 0. The van der Waals surface area contributed by atoms with Gasteiger partial charge in [0.1, 0.15) is 11.8 Å². The number of nitrogens with zero attached hydrogens (tertiary/aromatic N) is 1. The van der Waals surface area contributed by atoms with Crippen molar-refractivity contribution in [2.45, 2.75) is 76.5 Å². The molecular formula is C26H31F4NO. The maximum atomic E-state index is 12.9. The molecule has 0 aromatic heterocycles. The van der Waals surface area contributed by atoms with Crippen LogP contribution < -0.4 is 4.74 Å². The number of alkyl halides is 3. The second-order valence-corrected chi connectivity index (χ2v) is 9.14. The van der Waals surface area contributed by atoms with Gasteiger partial charge in [-0.3, -0.25) is 0 Å². The highest BCUT2D eigenvalue weighted by Crippen LogP contribution is 2.38. The number of nitriles is 1. The van der Waals surface area contributed by atoms with Gasteiger partial charge in [0.05, 0.1) is 0 Å². The topological polar surface area (TPSA) is 33.0 Å². The van der Waals surface area contributed by atoms with E-state index in [0.717, 1.165) is 50.5 Å². The number of hydrogen-bond donors (Lipinski definition) is 0. The Bertz CT molecular complexity index is 806. The summed E-state index contributed by atoms with van der Waals surface area (Å²) in [5, 5.41) is 8.45. The molecule has 2 aliphatic carbocycles. The van der Waals surface area contributed by atoms with E-state index in [1.807, 2.05) is 0 Å². The highest BCUT2D eigenvalue weighted by atomic mass is 19.4. The highest BCUT2D eigenvalue weighted by molar-refractivity contribution is 5.30. The van der Waals surface area contributed by atoms with Crippen LogP contribution in [0.15, 0.2) is 48.3 Å². The van der Waals surface area contributed by atoms with Crippen molar-refractivity contribution in [3.8, 4) is 11.8 Å². The molecule has 6 heteroatoms. The summed E-state index contributed by atoms with van der Waals surface area (Å²) in [6.07, 6.45) is 12.1. The lowest BCUT2D eigenvalue weighted by Gasteiger charge is -2.29. The van der Waals surface area contributed by atoms with Gasteiger partial charge < -0.3 is 4.74 Å². The van der Waals surface area contributed by atoms with Crippen molar-refractivity contribution in [3.63, 3.8) is 0 Å². The summed E-state index contributed by atoms with van der Waals surface area (Å²) in [4.78, 5) is 0. The fourth-order valence-corrected chi connectivity index (χ4v) is 5.06. The molecule has 2 aliphatic rings. The zero-order chi connectivity index (χ0) is 23.0. The van der Waals surface area contributed by atoms with Gasteiger partial charge in [0, 0.05) is 0 Å². The van der Waals surface area contributed by atoms with Crippen LogP contribution >= 0.6 is 0 Å². The van der Waals surface area contributed by atoms with Crippen molar-refractivity contribution >= 4 is 0 Å². The predicted molar refractivity (Wildman–Crippen MR) is 116 cm³/mol. The lowest BCUT2D eigenvalue weighted by molar-refractivity contribution is -0.274. The lowest BCUT2D eigenvalue weighted by atomic mass is 9.77. The number of hydrogen-bond acceptors (Lipinski definition) is 2. The Balaban J connectivity index is 1.37. The average molecular weight is 450 g/mol. The Labute approximate surface area is 188 Å². The molecular weight excluding hydrogens is 418 g/mol. The standard InChI is InChI=1S/C26H31F4NO/c27-24(18-31)3-1-2-19-4-6-20(7-5-19)8-9-21-10-12-22(13-11-21)23-14-16-25(17-15-23)32-26(28,29)30/h3,8-9,14-17,19-22H,1-2,4-7,10-13H2/t19-,20-,21-,22-. The van der Waals surface area contributed by atoms with E-state index in [2.05, 4.69) is 16.9 Å². The Morgan fingerprint density at radius 3 is 2.03 bits per heavy atom. The fraction of sp³-hybridized carbons (Fsp3) is 0.577. The van der Waals surface area contributed by atoms with E-state index in [1.165, 1.54) is 37.1 Å². The first-order valence-electron chi connectivity index (χ1n) is 11.6. The monoisotopic (exact) mass is 449 g/mol. The van der Waals surface area contributed by atoms with Crippen LogP contribution in [0.25, 0.3) is 0 Å².